The molecule has 4 heteroatoms. The molecule has 0 amide bonds. The van der Waals surface area contributed by atoms with E-state index in [9.17, 15) is 9.18 Å². The normalized spacial score (nSPS) is 23.1. The summed E-state index contributed by atoms with van der Waals surface area (Å²) in [6.45, 7) is 5.01. The average Bonchev–Trinajstić information content (AvgIpc) is 2.42. The SMILES string of the molecule is CCOC(=O)[C@H]1CCC[NH+](Cc2ccc(F)cc2)C1. The van der Waals surface area contributed by atoms with Gasteiger partial charge in [-0.3, -0.25) is 4.79 Å². The molecule has 0 radical (unpaired) electrons. The van der Waals surface area contributed by atoms with Crippen molar-refractivity contribution >= 4 is 5.97 Å². The summed E-state index contributed by atoms with van der Waals surface area (Å²) in [5.74, 6) is -0.259. The van der Waals surface area contributed by atoms with E-state index >= 15 is 0 Å². The Kier molecular flexibility index (Phi) is 4.91. The van der Waals surface area contributed by atoms with Gasteiger partial charge in [0.05, 0.1) is 19.7 Å². The number of esters is 1. The van der Waals surface area contributed by atoms with Gasteiger partial charge in [0.1, 0.15) is 18.3 Å². The number of carbonyl (C=O) groups is 1. The third kappa shape index (κ3) is 4.03. The van der Waals surface area contributed by atoms with E-state index in [2.05, 4.69) is 0 Å². The van der Waals surface area contributed by atoms with Gasteiger partial charge in [-0.1, -0.05) is 12.1 Å². The molecule has 1 aromatic rings. The van der Waals surface area contributed by atoms with E-state index in [0.29, 0.717) is 6.61 Å². The fourth-order valence-electron chi connectivity index (χ4n) is 2.66. The highest BCUT2D eigenvalue weighted by molar-refractivity contribution is 5.72. The van der Waals surface area contributed by atoms with E-state index in [1.165, 1.54) is 17.0 Å². The van der Waals surface area contributed by atoms with Gasteiger partial charge in [-0.15, -0.1) is 0 Å². The summed E-state index contributed by atoms with van der Waals surface area (Å²) >= 11 is 0. The van der Waals surface area contributed by atoms with Crippen LogP contribution >= 0.6 is 0 Å². The molecule has 3 nitrogen and oxygen atoms in total. The van der Waals surface area contributed by atoms with Crippen LogP contribution in [0.2, 0.25) is 0 Å². The van der Waals surface area contributed by atoms with Crippen LogP contribution in [0.3, 0.4) is 0 Å². The smallest absolute Gasteiger partial charge is 0.314 e. The molecule has 2 atom stereocenters. The molecule has 1 saturated heterocycles. The number of hydrogen-bond acceptors (Lipinski definition) is 2. The maximum Gasteiger partial charge on any atom is 0.314 e. The average molecular weight is 266 g/mol. The Balaban J connectivity index is 1.90. The number of halogens is 1. The highest BCUT2D eigenvalue weighted by atomic mass is 19.1. The molecule has 0 spiro atoms. The molecular weight excluding hydrogens is 245 g/mol. The maximum atomic E-state index is 12.8. The largest absolute Gasteiger partial charge is 0.466 e. The minimum Gasteiger partial charge on any atom is -0.466 e. The van der Waals surface area contributed by atoms with Crippen LogP contribution in [0.1, 0.15) is 25.3 Å². The summed E-state index contributed by atoms with van der Waals surface area (Å²) in [5, 5.41) is 0. The van der Waals surface area contributed by atoms with E-state index in [1.54, 1.807) is 0 Å². The van der Waals surface area contributed by atoms with E-state index in [0.717, 1.165) is 38.0 Å². The van der Waals surface area contributed by atoms with Gasteiger partial charge < -0.3 is 9.64 Å². The second-order valence-corrected chi connectivity index (χ2v) is 5.10. The Morgan fingerprint density at radius 2 is 2.16 bits per heavy atom. The van der Waals surface area contributed by atoms with E-state index in [1.807, 2.05) is 19.1 Å². The van der Waals surface area contributed by atoms with Crippen LogP contribution in [0.25, 0.3) is 0 Å². The molecule has 1 fully saturated rings. The van der Waals surface area contributed by atoms with Gasteiger partial charge in [-0.2, -0.15) is 0 Å². The molecule has 104 valence electrons. The van der Waals surface area contributed by atoms with Crippen LogP contribution in [-0.4, -0.2) is 25.7 Å². The first kappa shape index (κ1) is 14.0. The molecule has 1 aromatic carbocycles. The molecule has 1 unspecified atom stereocenters. The lowest BCUT2D eigenvalue weighted by Gasteiger charge is -2.28. The van der Waals surface area contributed by atoms with Crippen LogP contribution in [-0.2, 0) is 16.1 Å². The van der Waals surface area contributed by atoms with E-state index < -0.39 is 0 Å². The van der Waals surface area contributed by atoms with Crippen LogP contribution in [0.4, 0.5) is 4.39 Å². The summed E-state index contributed by atoms with van der Waals surface area (Å²) in [7, 11) is 0. The molecule has 2 rings (SSSR count). The first-order chi connectivity index (χ1) is 9.19. The topological polar surface area (TPSA) is 30.7 Å². The van der Waals surface area contributed by atoms with Crippen molar-refractivity contribution in [3.05, 3.63) is 35.6 Å². The van der Waals surface area contributed by atoms with Crippen molar-refractivity contribution in [2.45, 2.75) is 26.3 Å². The first-order valence-corrected chi connectivity index (χ1v) is 6.93. The standard InChI is InChI=1S/C15H20FNO2/c1-2-19-15(18)13-4-3-9-17(11-13)10-12-5-7-14(16)8-6-12/h5-8,13H,2-4,9-11H2,1H3/p+1/t13-/m0/s1. The molecule has 19 heavy (non-hydrogen) atoms. The van der Waals surface area contributed by atoms with Gasteiger partial charge in [0.25, 0.3) is 0 Å². The molecule has 0 aromatic heterocycles. The molecule has 0 saturated carbocycles. The summed E-state index contributed by atoms with van der Waals surface area (Å²) in [6.07, 6.45) is 1.96. The van der Waals surface area contributed by atoms with E-state index in [-0.39, 0.29) is 17.7 Å². The summed E-state index contributed by atoms with van der Waals surface area (Å²) in [4.78, 5) is 13.1. The van der Waals surface area contributed by atoms with Crippen molar-refractivity contribution in [3.8, 4) is 0 Å². The second kappa shape index (κ2) is 6.66. The summed E-state index contributed by atoms with van der Waals surface area (Å²) < 4.78 is 17.9. The lowest BCUT2D eigenvalue weighted by atomic mass is 9.98. The summed E-state index contributed by atoms with van der Waals surface area (Å²) in [5.41, 5.74) is 1.11. The summed E-state index contributed by atoms with van der Waals surface area (Å²) in [6, 6.07) is 6.61. The predicted molar refractivity (Wildman–Crippen MR) is 70.2 cm³/mol. The van der Waals surface area contributed by atoms with Gasteiger partial charge >= 0.3 is 5.97 Å². The quantitative estimate of drug-likeness (QED) is 0.830. The number of likely N-dealkylation sites (tertiary alicyclic amines) is 1. The number of piperidine rings is 1. The Morgan fingerprint density at radius 3 is 2.84 bits per heavy atom. The predicted octanol–water partition coefficient (Wildman–Crippen LogP) is 1.18. The van der Waals surface area contributed by atoms with Gasteiger partial charge in [0.2, 0.25) is 0 Å². The third-order valence-electron chi connectivity index (χ3n) is 3.61. The number of quaternary nitrogens is 1. The van der Waals surface area contributed by atoms with Gasteiger partial charge in [0.15, 0.2) is 0 Å². The number of ether oxygens (including phenoxy) is 1. The Labute approximate surface area is 113 Å². The highest BCUT2D eigenvalue weighted by Crippen LogP contribution is 2.10. The Hall–Kier alpha value is -1.42. The van der Waals surface area contributed by atoms with Crippen molar-refractivity contribution < 1.29 is 18.8 Å². The lowest BCUT2D eigenvalue weighted by Crippen LogP contribution is -3.12. The minimum absolute atomic E-state index is 0.0177. The van der Waals surface area contributed by atoms with Crippen molar-refractivity contribution in [2.24, 2.45) is 5.92 Å². The second-order valence-electron chi connectivity index (χ2n) is 5.10. The number of rotatable bonds is 4. The van der Waals surface area contributed by atoms with Crippen molar-refractivity contribution in [1.82, 2.24) is 0 Å². The number of carbonyl (C=O) groups excluding carboxylic acids is 1. The van der Waals surface area contributed by atoms with Gasteiger partial charge in [-0.05, 0) is 31.9 Å². The molecule has 1 aliphatic heterocycles. The van der Waals surface area contributed by atoms with Crippen LogP contribution in [0.15, 0.2) is 24.3 Å². The fraction of sp³-hybridized carbons (Fsp3) is 0.533. The zero-order chi connectivity index (χ0) is 13.7. The maximum absolute atomic E-state index is 12.8. The van der Waals surface area contributed by atoms with Crippen LogP contribution < -0.4 is 4.90 Å². The number of hydrogen-bond donors (Lipinski definition) is 1. The monoisotopic (exact) mass is 266 g/mol. The molecule has 1 N–H and O–H groups in total. The zero-order valence-electron chi connectivity index (χ0n) is 11.3. The highest BCUT2D eigenvalue weighted by Gasteiger charge is 2.29. The number of nitrogens with one attached hydrogen (secondary N) is 1. The van der Waals surface area contributed by atoms with Crippen LogP contribution in [0.5, 0.6) is 0 Å². The first-order valence-electron chi connectivity index (χ1n) is 6.93. The number of benzene rings is 1. The van der Waals surface area contributed by atoms with E-state index in [4.69, 9.17) is 4.74 Å². The molecular formula is C15H21FNO2+. The molecule has 1 heterocycles. The van der Waals surface area contributed by atoms with Crippen molar-refractivity contribution in [3.63, 3.8) is 0 Å². The lowest BCUT2D eigenvalue weighted by molar-refractivity contribution is -0.921. The molecule has 0 aliphatic carbocycles. The van der Waals surface area contributed by atoms with Crippen molar-refractivity contribution in [1.29, 1.82) is 0 Å². The van der Waals surface area contributed by atoms with Gasteiger partial charge in [0, 0.05) is 5.56 Å². The Bertz CT molecular complexity index is 419. The van der Waals surface area contributed by atoms with Gasteiger partial charge in [-0.25, -0.2) is 4.39 Å². The molecule has 0 bridgehead atoms. The Morgan fingerprint density at radius 1 is 1.42 bits per heavy atom. The fourth-order valence-corrected chi connectivity index (χ4v) is 2.66. The third-order valence-corrected chi connectivity index (χ3v) is 3.61. The molecule has 1 aliphatic rings. The minimum atomic E-state index is -0.207. The van der Waals surface area contributed by atoms with Crippen molar-refractivity contribution in [2.75, 3.05) is 19.7 Å². The zero-order valence-corrected chi connectivity index (χ0v) is 11.3. The van der Waals surface area contributed by atoms with Crippen LogP contribution in [0, 0.1) is 11.7 Å².